The SMILES string of the molecule is CC(C)(C)OC(=O)NCCCNc1ccn(OCc2ccccc2)c(=O)n1. The molecule has 2 rings (SSSR count). The molecule has 0 bridgehead atoms. The van der Waals surface area contributed by atoms with Crippen LogP contribution in [0.1, 0.15) is 32.8 Å². The first-order chi connectivity index (χ1) is 12.8. The normalized spacial score (nSPS) is 10.9. The Morgan fingerprint density at radius 1 is 1.15 bits per heavy atom. The third-order valence-corrected chi connectivity index (χ3v) is 3.31. The van der Waals surface area contributed by atoms with Crippen molar-refractivity contribution < 1.29 is 14.4 Å². The molecule has 2 N–H and O–H groups in total. The van der Waals surface area contributed by atoms with Gasteiger partial charge in [-0.1, -0.05) is 30.3 Å². The van der Waals surface area contributed by atoms with Gasteiger partial charge in [-0.3, -0.25) is 0 Å². The summed E-state index contributed by atoms with van der Waals surface area (Å²) < 4.78 is 6.25. The second-order valence-electron chi connectivity index (χ2n) is 6.89. The molecule has 1 aromatic carbocycles. The van der Waals surface area contributed by atoms with Crippen molar-refractivity contribution in [2.24, 2.45) is 0 Å². The first-order valence-electron chi connectivity index (χ1n) is 8.81. The number of nitrogens with zero attached hydrogens (tertiary/aromatic N) is 2. The van der Waals surface area contributed by atoms with Crippen LogP contribution in [0, 0.1) is 0 Å². The summed E-state index contributed by atoms with van der Waals surface area (Å²) in [6.07, 6.45) is 1.74. The van der Waals surface area contributed by atoms with E-state index in [1.165, 1.54) is 6.20 Å². The number of anilines is 1. The van der Waals surface area contributed by atoms with Crippen molar-refractivity contribution in [2.45, 2.75) is 39.4 Å². The smallest absolute Gasteiger partial charge is 0.407 e. The van der Waals surface area contributed by atoms with Crippen LogP contribution in [0.15, 0.2) is 47.4 Å². The topological polar surface area (TPSA) is 94.5 Å². The Balaban J connectivity index is 1.71. The Hall–Kier alpha value is -3.03. The van der Waals surface area contributed by atoms with Gasteiger partial charge < -0.3 is 20.2 Å². The second kappa shape index (κ2) is 9.61. The van der Waals surface area contributed by atoms with Gasteiger partial charge in [0.2, 0.25) is 0 Å². The Morgan fingerprint density at radius 2 is 1.89 bits per heavy atom. The van der Waals surface area contributed by atoms with Crippen LogP contribution < -0.4 is 21.2 Å². The molecule has 0 saturated carbocycles. The van der Waals surface area contributed by atoms with Crippen molar-refractivity contribution in [3.8, 4) is 0 Å². The Bertz CT molecular complexity index is 784. The molecular weight excluding hydrogens is 348 g/mol. The van der Waals surface area contributed by atoms with Crippen molar-refractivity contribution >= 4 is 11.9 Å². The van der Waals surface area contributed by atoms with Crippen LogP contribution in [0.5, 0.6) is 0 Å². The fraction of sp³-hybridized carbons (Fsp3) is 0.421. The van der Waals surface area contributed by atoms with Crippen molar-refractivity contribution in [2.75, 3.05) is 18.4 Å². The van der Waals surface area contributed by atoms with Crippen LogP contribution >= 0.6 is 0 Å². The molecule has 0 aliphatic rings. The molecule has 0 fully saturated rings. The van der Waals surface area contributed by atoms with Gasteiger partial charge in [0.05, 0.1) is 6.20 Å². The highest BCUT2D eigenvalue weighted by Crippen LogP contribution is 2.06. The zero-order valence-corrected chi connectivity index (χ0v) is 15.9. The molecule has 27 heavy (non-hydrogen) atoms. The first-order valence-corrected chi connectivity index (χ1v) is 8.81. The third-order valence-electron chi connectivity index (χ3n) is 3.31. The minimum Gasteiger partial charge on any atom is -0.444 e. The van der Waals surface area contributed by atoms with Crippen LogP contribution in [-0.2, 0) is 11.3 Å². The van der Waals surface area contributed by atoms with Crippen LogP contribution in [0.25, 0.3) is 0 Å². The molecule has 146 valence electrons. The van der Waals surface area contributed by atoms with Gasteiger partial charge in [0.1, 0.15) is 18.0 Å². The molecule has 0 aliphatic heterocycles. The Morgan fingerprint density at radius 3 is 2.56 bits per heavy atom. The highest BCUT2D eigenvalue weighted by Gasteiger charge is 2.15. The Kier molecular flexibility index (Phi) is 7.22. The van der Waals surface area contributed by atoms with E-state index in [4.69, 9.17) is 9.57 Å². The number of nitrogens with one attached hydrogen (secondary N) is 2. The number of hydrogen-bond donors (Lipinski definition) is 2. The number of hydrogen-bond acceptors (Lipinski definition) is 6. The van der Waals surface area contributed by atoms with Gasteiger partial charge in [0.25, 0.3) is 0 Å². The number of amides is 1. The number of alkyl carbamates (subject to hydrolysis) is 1. The molecule has 8 heteroatoms. The van der Waals surface area contributed by atoms with E-state index in [-0.39, 0.29) is 6.61 Å². The predicted molar refractivity (Wildman–Crippen MR) is 103 cm³/mol. The maximum absolute atomic E-state index is 12.0. The van der Waals surface area contributed by atoms with Crippen LogP contribution in [0.3, 0.4) is 0 Å². The molecule has 8 nitrogen and oxygen atoms in total. The first kappa shape index (κ1) is 20.3. The predicted octanol–water partition coefficient (Wildman–Crippen LogP) is 2.20. The van der Waals surface area contributed by atoms with E-state index in [0.29, 0.717) is 25.3 Å². The lowest BCUT2D eigenvalue weighted by Crippen LogP contribution is -2.33. The van der Waals surface area contributed by atoms with Crippen molar-refractivity contribution in [3.05, 3.63) is 58.6 Å². The highest BCUT2D eigenvalue weighted by atomic mass is 16.7. The number of ether oxygens (including phenoxy) is 1. The lowest BCUT2D eigenvalue weighted by atomic mass is 10.2. The fourth-order valence-corrected chi connectivity index (χ4v) is 2.12. The van der Waals surface area contributed by atoms with Crippen molar-refractivity contribution in [1.82, 2.24) is 15.0 Å². The van der Waals surface area contributed by atoms with Gasteiger partial charge in [-0.2, -0.15) is 4.98 Å². The molecule has 0 atom stereocenters. The van der Waals surface area contributed by atoms with Gasteiger partial charge in [0, 0.05) is 19.2 Å². The standard InChI is InChI=1S/C19H26N4O4/c1-19(2,3)27-18(25)21-12-7-11-20-16-10-13-23(17(24)22-16)26-14-15-8-5-4-6-9-15/h4-6,8-10,13H,7,11-12,14H2,1-3H3,(H,21,25)(H,20,22,24). The second-order valence-corrected chi connectivity index (χ2v) is 6.89. The van der Waals surface area contributed by atoms with Gasteiger partial charge in [-0.05, 0) is 32.8 Å². The van der Waals surface area contributed by atoms with E-state index in [0.717, 1.165) is 10.3 Å². The van der Waals surface area contributed by atoms with Crippen LogP contribution in [0.4, 0.5) is 10.6 Å². The molecule has 0 aliphatic carbocycles. The third kappa shape index (κ3) is 7.81. The molecule has 1 aromatic heterocycles. The lowest BCUT2D eigenvalue weighted by molar-refractivity contribution is 0.0528. The quantitative estimate of drug-likeness (QED) is 0.688. The largest absolute Gasteiger partial charge is 0.444 e. The zero-order chi connectivity index (χ0) is 19.7. The maximum atomic E-state index is 12.0. The number of rotatable bonds is 8. The summed E-state index contributed by atoms with van der Waals surface area (Å²) in [5.41, 5.74) is -0.0504. The molecule has 2 aromatic rings. The van der Waals surface area contributed by atoms with E-state index >= 15 is 0 Å². The molecule has 0 saturated heterocycles. The number of carbonyl (C=O) groups is 1. The van der Waals surface area contributed by atoms with E-state index in [1.807, 2.05) is 51.1 Å². The summed E-state index contributed by atoms with van der Waals surface area (Å²) >= 11 is 0. The monoisotopic (exact) mass is 374 g/mol. The maximum Gasteiger partial charge on any atom is 0.407 e. The van der Waals surface area contributed by atoms with Crippen molar-refractivity contribution in [3.63, 3.8) is 0 Å². The van der Waals surface area contributed by atoms with E-state index < -0.39 is 17.4 Å². The minimum atomic E-state index is -0.515. The summed E-state index contributed by atoms with van der Waals surface area (Å²) in [5, 5.41) is 5.71. The van der Waals surface area contributed by atoms with Crippen LogP contribution in [-0.4, -0.2) is 34.5 Å². The summed E-state index contributed by atoms with van der Waals surface area (Å²) in [6.45, 7) is 6.73. The zero-order valence-electron chi connectivity index (χ0n) is 15.9. The van der Waals surface area contributed by atoms with E-state index in [1.54, 1.807) is 6.07 Å². The van der Waals surface area contributed by atoms with Gasteiger partial charge >= 0.3 is 11.8 Å². The van der Waals surface area contributed by atoms with E-state index in [9.17, 15) is 9.59 Å². The van der Waals surface area contributed by atoms with Gasteiger partial charge in [-0.25, -0.2) is 9.59 Å². The summed E-state index contributed by atoms with van der Waals surface area (Å²) in [4.78, 5) is 32.9. The van der Waals surface area contributed by atoms with E-state index in [2.05, 4.69) is 15.6 Å². The summed E-state index contributed by atoms with van der Waals surface area (Å²) in [6, 6.07) is 11.2. The summed E-state index contributed by atoms with van der Waals surface area (Å²) in [5.74, 6) is 0.455. The van der Waals surface area contributed by atoms with Gasteiger partial charge in [-0.15, -0.1) is 4.73 Å². The molecule has 0 unspecified atom stereocenters. The Labute approximate surface area is 158 Å². The molecular formula is C19H26N4O4. The number of carbonyl (C=O) groups excluding carboxylic acids is 1. The number of aromatic nitrogens is 2. The molecule has 0 spiro atoms. The average Bonchev–Trinajstić information content (AvgIpc) is 2.60. The fourth-order valence-electron chi connectivity index (χ4n) is 2.12. The highest BCUT2D eigenvalue weighted by molar-refractivity contribution is 5.67. The molecule has 1 heterocycles. The van der Waals surface area contributed by atoms with Crippen molar-refractivity contribution in [1.29, 1.82) is 0 Å². The minimum absolute atomic E-state index is 0.283. The molecule has 1 amide bonds. The molecule has 0 radical (unpaired) electrons. The number of benzene rings is 1. The lowest BCUT2D eigenvalue weighted by Gasteiger charge is -2.19. The van der Waals surface area contributed by atoms with Crippen LogP contribution in [0.2, 0.25) is 0 Å². The summed E-state index contributed by atoms with van der Waals surface area (Å²) in [7, 11) is 0. The van der Waals surface area contributed by atoms with Gasteiger partial charge in [0.15, 0.2) is 0 Å². The average molecular weight is 374 g/mol.